The van der Waals surface area contributed by atoms with Gasteiger partial charge in [0.05, 0.1) is 15.5 Å². The van der Waals surface area contributed by atoms with E-state index in [1.165, 1.54) is 29.7 Å². The Morgan fingerprint density at radius 3 is 2.12 bits per heavy atom. The fraction of sp³-hybridized carbons (Fsp3) is 0.211. The van der Waals surface area contributed by atoms with Crippen molar-refractivity contribution in [3.05, 3.63) is 54.3 Å². The van der Waals surface area contributed by atoms with Crippen molar-refractivity contribution < 1.29 is 12.8 Å². The second-order valence-corrected chi connectivity index (χ2v) is 9.31. The molecule has 3 rings (SSSR count). The SMILES string of the molecule is CC(C)Nc1nc(-c2ccc(F)cc2)c(-c2ccc(S(C)(=O)=O)cc2)s1. The monoisotopic (exact) mass is 390 g/mol. The standard InChI is InChI=1S/C19H19FN2O2S2/c1-12(2)21-19-22-17(13-4-8-15(20)9-5-13)18(25-19)14-6-10-16(11-7-14)26(3,23)24/h4-12H,1-3H3,(H,21,22). The summed E-state index contributed by atoms with van der Waals surface area (Å²) in [6, 6.07) is 13.1. The molecule has 0 unspecified atom stereocenters. The molecule has 3 aromatic rings. The first-order valence-corrected chi connectivity index (χ1v) is 10.8. The number of rotatable bonds is 5. The van der Waals surface area contributed by atoms with Crippen molar-refractivity contribution in [2.45, 2.75) is 24.8 Å². The van der Waals surface area contributed by atoms with Crippen LogP contribution in [0.25, 0.3) is 21.7 Å². The summed E-state index contributed by atoms with van der Waals surface area (Å²) in [6.45, 7) is 4.05. The largest absolute Gasteiger partial charge is 0.359 e. The molecule has 0 saturated heterocycles. The first-order valence-electron chi connectivity index (χ1n) is 8.08. The molecule has 7 heteroatoms. The van der Waals surface area contributed by atoms with Crippen molar-refractivity contribution in [3.63, 3.8) is 0 Å². The Bertz CT molecular complexity index is 1010. The van der Waals surface area contributed by atoms with E-state index in [4.69, 9.17) is 0 Å². The molecule has 0 spiro atoms. The van der Waals surface area contributed by atoms with Crippen LogP contribution in [0.1, 0.15) is 13.8 Å². The molecule has 0 bridgehead atoms. The van der Waals surface area contributed by atoms with E-state index in [0.29, 0.717) is 0 Å². The van der Waals surface area contributed by atoms with Crippen LogP contribution in [0.2, 0.25) is 0 Å². The van der Waals surface area contributed by atoms with Crippen LogP contribution in [0.5, 0.6) is 0 Å². The van der Waals surface area contributed by atoms with Crippen LogP contribution in [-0.4, -0.2) is 25.7 Å². The van der Waals surface area contributed by atoms with Crippen molar-refractivity contribution in [2.75, 3.05) is 11.6 Å². The number of aromatic nitrogens is 1. The molecule has 1 N–H and O–H groups in total. The fourth-order valence-electron chi connectivity index (χ4n) is 2.48. The summed E-state index contributed by atoms with van der Waals surface area (Å²) in [6.07, 6.45) is 1.18. The predicted octanol–water partition coefficient (Wildman–Crippen LogP) is 4.84. The van der Waals surface area contributed by atoms with Gasteiger partial charge in [-0.15, -0.1) is 0 Å². The van der Waals surface area contributed by atoms with Crippen LogP contribution in [-0.2, 0) is 9.84 Å². The second kappa shape index (κ2) is 7.17. The molecule has 0 fully saturated rings. The number of sulfone groups is 1. The summed E-state index contributed by atoms with van der Waals surface area (Å²) < 4.78 is 36.6. The lowest BCUT2D eigenvalue weighted by atomic mass is 10.1. The normalized spacial score (nSPS) is 11.7. The lowest BCUT2D eigenvalue weighted by Crippen LogP contribution is -2.08. The highest BCUT2D eigenvalue weighted by atomic mass is 32.2. The Morgan fingerprint density at radius 2 is 1.58 bits per heavy atom. The zero-order chi connectivity index (χ0) is 18.9. The van der Waals surface area contributed by atoms with Crippen molar-refractivity contribution in [1.29, 1.82) is 0 Å². The predicted molar refractivity (Wildman–Crippen MR) is 105 cm³/mol. The fourth-order valence-corrected chi connectivity index (χ4v) is 4.25. The maximum Gasteiger partial charge on any atom is 0.184 e. The Morgan fingerprint density at radius 1 is 1.00 bits per heavy atom. The molecular formula is C19H19FN2O2S2. The molecule has 0 radical (unpaired) electrons. The Kier molecular flexibility index (Phi) is 5.11. The average Bonchev–Trinajstić information content (AvgIpc) is 2.98. The maximum atomic E-state index is 13.3. The van der Waals surface area contributed by atoms with Gasteiger partial charge in [0.25, 0.3) is 0 Å². The summed E-state index contributed by atoms with van der Waals surface area (Å²) in [5.41, 5.74) is 2.41. The van der Waals surface area contributed by atoms with E-state index in [0.717, 1.165) is 26.8 Å². The molecule has 0 atom stereocenters. The Balaban J connectivity index is 2.09. The van der Waals surface area contributed by atoms with E-state index in [1.807, 2.05) is 13.8 Å². The summed E-state index contributed by atoms with van der Waals surface area (Å²) in [4.78, 5) is 5.84. The molecule has 1 heterocycles. The van der Waals surface area contributed by atoms with Gasteiger partial charge in [0, 0.05) is 17.9 Å². The van der Waals surface area contributed by atoms with Gasteiger partial charge >= 0.3 is 0 Å². The number of nitrogens with one attached hydrogen (secondary N) is 1. The molecule has 0 amide bonds. The first-order chi connectivity index (χ1) is 12.2. The van der Waals surface area contributed by atoms with Crippen LogP contribution in [0.3, 0.4) is 0 Å². The lowest BCUT2D eigenvalue weighted by molar-refractivity contribution is 0.602. The molecule has 0 aliphatic heterocycles. The van der Waals surface area contributed by atoms with Crippen LogP contribution in [0, 0.1) is 5.82 Å². The molecule has 4 nitrogen and oxygen atoms in total. The molecule has 0 aliphatic rings. The van der Waals surface area contributed by atoms with Crippen LogP contribution >= 0.6 is 11.3 Å². The number of hydrogen-bond donors (Lipinski definition) is 1. The van der Waals surface area contributed by atoms with E-state index >= 15 is 0 Å². The van der Waals surface area contributed by atoms with Gasteiger partial charge in [-0.05, 0) is 55.8 Å². The van der Waals surface area contributed by atoms with E-state index in [-0.39, 0.29) is 16.8 Å². The van der Waals surface area contributed by atoms with Crippen LogP contribution in [0.4, 0.5) is 9.52 Å². The van der Waals surface area contributed by atoms with Gasteiger partial charge < -0.3 is 5.32 Å². The number of halogens is 1. The highest BCUT2D eigenvalue weighted by molar-refractivity contribution is 7.90. The molecule has 26 heavy (non-hydrogen) atoms. The molecule has 1 aromatic heterocycles. The number of benzene rings is 2. The minimum Gasteiger partial charge on any atom is -0.359 e. The topological polar surface area (TPSA) is 59.1 Å². The van der Waals surface area contributed by atoms with Crippen molar-refractivity contribution in [2.24, 2.45) is 0 Å². The second-order valence-electron chi connectivity index (χ2n) is 6.30. The molecule has 0 aliphatic carbocycles. The number of nitrogens with zero attached hydrogens (tertiary/aromatic N) is 1. The van der Waals surface area contributed by atoms with Gasteiger partial charge in [0.2, 0.25) is 0 Å². The number of anilines is 1. The van der Waals surface area contributed by atoms with Gasteiger partial charge in [-0.3, -0.25) is 0 Å². The summed E-state index contributed by atoms with van der Waals surface area (Å²) in [5.74, 6) is -0.302. The maximum absolute atomic E-state index is 13.3. The highest BCUT2D eigenvalue weighted by Gasteiger charge is 2.16. The van der Waals surface area contributed by atoms with Crippen molar-refractivity contribution >= 4 is 26.3 Å². The van der Waals surface area contributed by atoms with Crippen molar-refractivity contribution in [3.8, 4) is 21.7 Å². The van der Waals surface area contributed by atoms with Gasteiger partial charge in [-0.25, -0.2) is 17.8 Å². The summed E-state index contributed by atoms with van der Waals surface area (Å²) in [5, 5.41) is 4.05. The van der Waals surface area contributed by atoms with Gasteiger partial charge in [0.1, 0.15) is 5.82 Å². The van der Waals surface area contributed by atoms with Gasteiger partial charge in [-0.1, -0.05) is 23.5 Å². The minimum absolute atomic E-state index is 0.225. The highest BCUT2D eigenvalue weighted by Crippen LogP contribution is 2.39. The molecule has 136 valence electrons. The lowest BCUT2D eigenvalue weighted by Gasteiger charge is -2.04. The van der Waals surface area contributed by atoms with Crippen LogP contribution < -0.4 is 5.32 Å². The Hall–Kier alpha value is -2.25. The van der Waals surface area contributed by atoms with Gasteiger partial charge in [0.15, 0.2) is 15.0 Å². The zero-order valence-corrected chi connectivity index (χ0v) is 16.3. The molecular weight excluding hydrogens is 371 g/mol. The van der Waals surface area contributed by atoms with E-state index in [2.05, 4.69) is 10.3 Å². The van der Waals surface area contributed by atoms with E-state index in [9.17, 15) is 12.8 Å². The third-order valence-corrected chi connectivity index (χ3v) is 5.87. The van der Waals surface area contributed by atoms with Gasteiger partial charge in [-0.2, -0.15) is 0 Å². The van der Waals surface area contributed by atoms with E-state index < -0.39 is 9.84 Å². The third-order valence-electron chi connectivity index (χ3n) is 3.70. The number of hydrogen-bond acceptors (Lipinski definition) is 5. The van der Waals surface area contributed by atoms with Crippen LogP contribution in [0.15, 0.2) is 53.4 Å². The van der Waals surface area contributed by atoms with E-state index in [1.54, 1.807) is 36.4 Å². The third kappa shape index (κ3) is 4.11. The zero-order valence-electron chi connectivity index (χ0n) is 14.7. The first kappa shape index (κ1) is 18.5. The summed E-state index contributed by atoms with van der Waals surface area (Å²) >= 11 is 1.49. The Labute approximate surface area is 156 Å². The average molecular weight is 391 g/mol. The number of thiazole rings is 1. The minimum atomic E-state index is -3.25. The smallest absolute Gasteiger partial charge is 0.184 e. The molecule has 2 aromatic carbocycles. The summed E-state index contributed by atoms with van der Waals surface area (Å²) in [7, 11) is -3.25. The quantitative estimate of drug-likeness (QED) is 0.677. The van der Waals surface area contributed by atoms with Crippen molar-refractivity contribution in [1.82, 2.24) is 4.98 Å². The molecule has 0 saturated carbocycles.